The van der Waals surface area contributed by atoms with Gasteiger partial charge in [-0.1, -0.05) is 36.0 Å². The van der Waals surface area contributed by atoms with Gasteiger partial charge in [-0.2, -0.15) is 0 Å². The van der Waals surface area contributed by atoms with Crippen LogP contribution < -0.4 is 15.4 Å². The number of nitrogens with one attached hydrogen (secondary N) is 2. The fourth-order valence-electron chi connectivity index (χ4n) is 4.17. The third-order valence-electron chi connectivity index (χ3n) is 5.50. The Bertz CT molecular complexity index is 1200. The third-order valence-corrected chi connectivity index (χ3v) is 6.96. The Morgan fingerprint density at radius 3 is 2.68 bits per heavy atom. The second kappa shape index (κ2) is 7.31. The highest BCUT2D eigenvalue weighted by molar-refractivity contribution is 8.01. The highest BCUT2D eigenvalue weighted by Crippen LogP contribution is 2.61. The predicted molar refractivity (Wildman–Crippen MR) is 116 cm³/mol. The van der Waals surface area contributed by atoms with Gasteiger partial charge in [-0.25, -0.2) is 9.78 Å². The molecule has 0 radical (unpaired) electrons. The molecule has 3 heterocycles. The van der Waals surface area contributed by atoms with Gasteiger partial charge in [0, 0.05) is 11.8 Å². The standard InChI is InChI=1S/C23H19N3O4S/c1-13-12-15(30-14-6-4-3-5-7-14)8-9-16(13)23(21(27)29-2)19-18-17(25-22(28)26-19)10-11-24-20(18)31-23/h3-12,19H,1-2H3,(H2,25,26,28). The normalized spacial score (nSPS) is 21.0. The Labute approximate surface area is 183 Å². The van der Waals surface area contributed by atoms with E-state index in [0.717, 1.165) is 22.4 Å². The number of benzene rings is 2. The summed E-state index contributed by atoms with van der Waals surface area (Å²) in [5.74, 6) is 0.925. The van der Waals surface area contributed by atoms with Crippen LogP contribution in [0.4, 0.5) is 10.5 Å². The average molecular weight is 433 g/mol. The van der Waals surface area contributed by atoms with Crippen LogP contribution in [0.5, 0.6) is 11.5 Å². The number of methoxy groups -OCH3 is 1. The minimum Gasteiger partial charge on any atom is -0.468 e. The van der Waals surface area contributed by atoms with Gasteiger partial charge in [-0.15, -0.1) is 0 Å². The minimum atomic E-state index is -1.20. The average Bonchev–Trinajstić information content (AvgIpc) is 3.10. The summed E-state index contributed by atoms with van der Waals surface area (Å²) in [6.07, 6.45) is 1.63. The summed E-state index contributed by atoms with van der Waals surface area (Å²) in [7, 11) is 1.35. The molecule has 0 bridgehead atoms. The maximum Gasteiger partial charge on any atom is 0.329 e. The van der Waals surface area contributed by atoms with Crippen LogP contribution in [0, 0.1) is 6.92 Å². The van der Waals surface area contributed by atoms with E-state index in [4.69, 9.17) is 9.47 Å². The van der Waals surface area contributed by atoms with Crippen molar-refractivity contribution in [3.05, 3.63) is 77.5 Å². The van der Waals surface area contributed by atoms with Crippen molar-refractivity contribution in [3.63, 3.8) is 0 Å². The van der Waals surface area contributed by atoms with Gasteiger partial charge in [0.2, 0.25) is 0 Å². The highest BCUT2D eigenvalue weighted by atomic mass is 32.2. The van der Waals surface area contributed by atoms with Crippen molar-refractivity contribution in [2.24, 2.45) is 0 Å². The molecule has 0 saturated carbocycles. The van der Waals surface area contributed by atoms with Gasteiger partial charge in [0.25, 0.3) is 0 Å². The quantitative estimate of drug-likeness (QED) is 0.588. The van der Waals surface area contributed by atoms with Gasteiger partial charge in [-0.05, 0) is 48.4 Å². The van der Waals surface area contributed by atoms with Crippen LogP contribution in [-0.4, -0.2) is 24.1 Å². The molecule has 2 atom stereocenters. The summed E-state index contributed by atoms with van der Waals surface area (Å²) >= 11 is 1.30. The Hall–Kier alpha value is -3.52. The first-order chi connectivity index (χ1) is 15.0. The molecular formula is C23H19N3O4S. The number of rotatable bonds is 4. The summed E-state index contributed by atoms with van der Waals surface area (Å²) < 4.78 is 9.99. The Morgan fingerprint density at radius 1 is 1.13 bits per heavy atom. The summed E-state index contributed by atoms with van der Waals surface area (Å²) in [5.41, 5.74) is 3.02. The number of hydrogen-bond acceptors (Lipinski definition) is 6. The van der Waals surface area contributed by atoms with Crippen molar-refractivity contribution in [2.75, 3.05) is 12.4 Å². The molecule has 0 spiro atoms. The number of nitrogens with zero attached hydrogens (tertiary/aromatic N) is 1. The molecule has 0 saturated heterocycles. The lowest BCUT2D eigenvalue weighted by Gasteiger charge is -2.36. The zero-order valence-electron chi connectivity index (χ0n) is 16.8. The maximum atomic E-state index is 13.3. The number of urea groups is 1. The van der Waals surface area contributed by atoms with E-state index >= 15 is 0 Å². The molecule has 0 aliphatic carbocycles. The second-order valence-electron chi connectivity index (χ2n) is 7.33. The first kappa shape index (κ1) is 19.4. The molecule has 2 aliphatic heterocycles. The molecule has 8 heteroatoms. The fourth-order valence-corrected chi connectivity index (χ4v) is 5.73. The van der Waals surface area contributed by atoms with Crippen LogP contribution >= 0.6 is 11.8 Å². The van der Waals surface area contributed by atoms with Gasteiger partial charge in [0.15, 0.2) is 4.75 Å². The molecular weight excluding hydrogens is 414 g/mol. The third kappa shape index (κ3) is 3.02. The van der Waals surface area contributed by atoms with E-state index < -0.39 is 16.8 Å². The number of amides is 2. The first-order valence-electron chi connectivity index (χ1n) is 9.71. The van der Waals surface area contributed by atoms with E-state index in [1.165, 1.54) is 18.9 Å². The van der Waals surface area contributed by atoms with Crippen LogP contribution in [0.1, 0.15) is 22.7 Å². The summed E-state index contributed by atoms with van der Waals surface area (Å²) in [6.45, 7) is 1.92. The molecule has 31 heavy (non-hydrogen) atoms. The number of esters is 1. The van der Waals surface area contributed by atoms with E-state index in [0.29, 0.717) is 16.5 Å². The SMILES string of the molecule is COC(=O)C1(c2ccc(Oc3ccccc3)cc2C)Sc2nccc3c2C1NC(=O)N3. The van der Waals surface area contributed by atoms with E-state index in [1.54, 1.807) is 12.3 Å². The van der Waals surface area contributed by atoms with Crippen LogP contribution in [0.25, 0.3) is 0 Å². The van der Waals surface area contributed by atoms with Gasteiger partial charge < -0.3 is 20.1 Å². The number of thioether (sulfide) groups is 1. The summed E-state index contributed by atoms with van der Waals surface area (Å²) in [6, 6.07) is 15.8. The molecule has 7 nitrogen and oxygen atoms in total. The van der Waals surface area contributed by atoms with Crippen molar-refractivity contribution in [1.82, 2.24) is 10.3 Å². The molecule has 2 unspecified atom stereocenters. The van der Waals surface area contributed by atoms with Gasteiger partial charge in [-0.3, -0.25) is 4.79 Å². The number of pyridine rings is 1. The van der Waals surface area contributed by atoms with Crippen molar-refractivity contribution in [3.8, 4) is 11.5 Å². The smallest absolute Gasteiger partial charge is 0.329 e. The number of aromatic nitrogens is 1. The number of para-hydroxylation sites is 1. The van der Waals surface area contributed by atoms with Gasteiger partial charge in [0.1, 0.15) is 16.5 Å². The zero-order valence-corrected chi connectivity index (χ0v) is 17.7. The Balaban J connectivity index is 1.61. The lowest BCUT2D eigenvalue weighted by atomic mass is 9.83. The van der Waals surface area contributed by atoms with Crippen molar-refractivity contribution in [2.45, 2.75) is 22.7 Å². The summed E-state index contributed by atoms with van der Waals surface area (Å²) in [5, 5.41) is 6.40. The molecule has 2 aliphatic rings. The van der Waals surface area contributed by atoms with Crippen LogP contribution in [0.15, 0.2) is 65.8 Å². The Kier molecular flexibility index (Phi) is 4.59. The van der Waals surface area contributed by atoms with E-state index in [9.17, 15) is 9.59 Å². The second-order valence-corrected chi connectivity index (χ2v) is 8.56. The van der Waals surface area contributed by atoms with E-state index in [1.807, 2.05) is 55.5 Å². The number of carbonyl (C=O) groups is 2. The monoisotopic (exact) mass is 433 g/mol. The molecule has 2 N–H and O–H groups in total. The van der Waals surface area contributed by atoms with E-state index in [-0.39, 0.29) is 6.03 Å². The molecule has 5 rings (SSSR count). The topological polar surface area (TPSA) is 89.6 Å². The lowest BCUT2D eigenvalue weighted by Crippen LogP contribution is -2.49. The molecule has 156 valence electrons. The molecule has 1 aromatic heterocycles. The van der Waals surface area contributed by atoms with Crippen LogP contribution in [-0.2, 0) is 14.3 Å². The number of anilines is 1. The first-order valence-corrected chi connectivity index (χ1v) is 10.5. The summed E-state index contributed by atoms with van der Waals surface area (Å²) in [4.78, 5) is 30.1. The Morgan fingerprint density at radius 2 is 1.94 bits per heavy atom. The van der Waals surface area contributed by atoms with E-state index in [2.05, 4.69) is 15.6 Å². The van der Waals surface area contributed by atoms with Crippen LogP contribution in [0.3, 0.4) is 0 Å². The minimum absolute atomic E-state index is 0.368. The largest absolute Gasteiger partial charge is 0.468 e. The zero-order chi connectivity index (χ0) is 21.6. The van der Waals surface area contributed by atoms with Crippen molar-refractivity contribution >= 4 is 29.4 Å². The predicted octanol–water partition coefficient (Wildman–Crippen LogP) is 4.53. The molecule has 0 fully saturated rings. The number of aryl methyl sites for hydroxylation is 1. The molecule has 2 amide bonds. The van der Waals surface area contributed by atoms with Crippen molar-refractivity contribution in [1.29, 1.82) is 0 Å². The molecule has 2 aromatic carbocycles. The maximum absolute atomic E-state index is 13.3. The lowest BCUT2D eigenvalue weighted by molar-refractivity contribution is -0.144. The number of ether oxygens (including phenoxy) is 2. The number of hydrogen-bond donors (Lipinski definition) is 2. The van der Waals surface area contributed by atoms with Gasteiger partial charge >= 0.3 is 12.0 Å². The van der Waals surface area contributed by atoms with Crippen molar-refractivity contribution < 1.29 is 19.1 Å². The highest BCUT2D eigenvalue weighted by Gasteiger charge is 2.59. The number of carbonyl (C=O) groups excluding carboxylic acids is 2. The van der Waals surface area contributed by atoms with Crippen LogP contribution in [0.2, 0.25) is 0 Å². The van der Waals surface area contributed by atoms with Gasteiger partial charge in [0.05, 0.1) is 18.8 Å². The fraction of sp³-hybridized carbons (Fsp3) is 0.174. The molecule has 3 aromatic rings.